The van der Waals surface area contributed by atoms with Crippen molar-refractivity contribution in [3.05, 3.63) is 33.6 Å². The van der Waals surface area contributed by atoms with E-state index in [4.69, 9.17) is 28.3 Å². The van der Waals surface area contributed by atoms with Gasteiger partial charge in [-0.2, -0.15) is 0 Å². The Morgan fingerprint density at radius 3 is 2.65 bits per heavy atom. The number of aliphatic hydroxyl groups excluding tert-OH is 1. The number of carbonyl (C=O) groups excluding carboxylic acids is 1. The summed E-state index contributed by atoms with van der Waals surface area (Å²) in [6.45, 7) is 2.54. The molecule has 0 aliphatic rings. The zero-order valence-electron chi connectivity index (χ0n) is 11.3. The molecule has 6 heteroatoms. The van der Waals surface area contributed by atoms with Gasteiger partial charge >= 0.3 is 0 Å². The van der Waals surface area contributed by atoms with E-state index in [2.05, 4.69) is 5.32 Å². The van der Waals surface area contributed by atoms with E-state index in [9.17, 15) is 9.18 Å². The second-order valence-electron chi connectivity index (χ2n) is 4.62. The molecule has 0 bridgehead atoms. The van der Waals surface area contributed by atoms with Gasteiger partial charge in [0.15, 0.2) is 0 Å². The van der Waals surface area contributed by atoms with Crippen LogP contribution in [0.4, 0.5) is 4.39 Å². The van der Waals surface area contributed by atoms with Crippen molar-refractivity contribution in [1.29, 1.82) is 0 Å². The van der Waals surface area contributed by atoms with Crippen LogP contribution in [0.25, 0.3) is 0 Å². The number of rotatable bonds is 7. The van der Waals surface area contributed by atoms with Crippen molar-refractivity contribution in [3.63, 3.8) is 0 Å². The first-order valence-electron chi connectivity index (χ1n) is 6.53. The van der Waals surface area contributed by atoms with Crippen molar-refractivity contribution in [1.82, 2.24) is 5.32 Å². The van der Waals surface area contributed by atoms with E-state index in [0.717, 1.165) is 18.9 Å². The fraction of sp³-hybridized carbons (Fsp3) is 0.500. The summed E-state index contributed by atoms with van der Waals surface area (Å²) in [6, 6.07) is 2.24. The number of hydrogen-bond acceptors (Lipinski definition) is 2. The van der Waals surface area contributed by atoms with Crippen molar-refractivity contribution in [2.45, 2.75) is 26.2 Å². The quantitative estimate of drug-likeness (QED) is 0.753. The molecule has 0 saturated heterocycles. The lowest BCUT2D eigenvalue weighted by atomic mass is 10.00. The summed E-state index contributed by atoms with van der Waals surface area (Å²) in [6.07, 6.45) is 2.50. The van der Waals surface area contributed by atoms with Gasteiger partial charge < -0.3 is 10.4 Å². The Morgan fingerprint density at radius 1 is 1.35 bits per heavy atom. The first kappa shape index (κ1) is 17.2. The maximum absolute atomic E-state index is 13.4. The Hall–Kier alpha value is -0.840. The lowest BCUT2D eigenvalue weighted by Crippen LogP contribution is -2.30. The third-order valence-electron chi connectivity index (χ3n) is 3.04. The topological polar surface area (TPSA) is 49.3 Å². The average molecular weight is 322 g/mol. The lowest BCUT2D eigenvalue weighted by molar-refractivity contribution is 0.0942. The molecule has 2 N–H and O–H groups in total. The molecule has 1 aromatic carbocycles. The van der Waals surface area contributed by atoms with E-state index < -0.39 is 11.7 Å². The molecule has 0 aliphatic heterocycles. The summed E-state index contributed by atoms with van der Waals surface area (Å²) in [4.78, 5) is 12.0. The number of aliphatic hydroxyl groups is 1. The fourth-order valence-corrected chi connectivity index (χ4v) is 2.44. The Kier molecular flexibility index (Phi) is 7.27. The van der Waals surface area contributed by atoms with Gasteiger partial charge in [0.05, 0.1) is 15.6 Å². The molecule has 0 aliphatic carbocycles. The molecule has 0 spiro atoms. The third kappa shape index (κ3) is 4.93. The van der Waals surface area contributed by atoms with E-state index in [1.807, 2.05) is 6.92 Å². The van der Waals surface area contributed by atoms with Gasteiger partial charge in [-0.3, -0.25) is 4.79 Å². The van der Waals surface area contributed by atoms with Crippen LogP contribution in [-0.2, 0) is 0 Å². The zero-order valence-corrected chi connectivity index (χ0v) is 12.8. The molecule has 1 aromatic rings. The maximum atomic E-state index is 13.4. The molecule has 0 radical (unpaired) electrons. The Bertz CT molecular complexity index is 463. The third-order valence-corrected chi connectivity index (χ3v) is 3.64. The number of halogens is 3. The molecule has 0 aromatic heterocycles. The van der Waals surface area contributed by atoms with Gasteiger partial charge in [0.1, 0.15) is 5.82 Å². The average Bonchev–Trinajstić information content (AvgIpc) is 2.40. The largest absolute Gasteiger partial charge is 0.396 e. The van der Waals surface area contributed by atoms with Crippen molar-refractivity contribution < 1.29 is 14.3 Å². The summed E-state index contributed by atoms with van der Waals surface area (Å²) >= 11 is 11.5. The molecular formula is C14H18Cl2FNO2. The molecule has 1 atom stereocenters. The van der Waals surface area contributed by atoms with Crippen LogP contribution in [0.5, 0.6) is 0 Å². The van der Waals surface area contributed by atoms with Crippen molar-refractivity contribution in [2.24, 2.45) is 5.92 Å². The molecule has 20 heavy (non-hydrogen) atoms. The molecular weight excluding hydrogens is 304 g/mol. The van der Waals surface area contributed by atoms with E-state index >= 15 is 0 Å². The minimum atomic E-state index is -0.679. The minimum Gasteiger partial charge on any atom is -0.396 e. The van der Waals surface area contributed by atoms with Crippen LogP contribution < -0.4 is 5.32 Å². The first-order valence-corrected chi connectivity index (χ1v) is 7.28. The molecule has 1 unspecified atom stereocenters. The highest BCUT2D eigenvalue weighted by Gasteiger charge is 2.15. The van der Waals surface area contributed by atoms with Gasteiger partial charge in [-0.25, -0.2) is 4.39 Å². The van der Waals surface area contributed by atoms with E-state index in [1.165, 1.54) is 6.07 Å². The monoisotopic (exact) mass is 321 g/mol. The van der Waals surface area contributed by atoms with E-state index in [-0.39, 0.29) is 28.1 Å². The number of amides is 1. The second kappa shape index (κ2) is 8.45. The smallest absolute Gasteiger partial charge is 0.252 e. The van der Waals surface area contributed by atoms with Crippen LogP contribution >= 0.6 is 23.2 Å². The fourth-order valence-electron chi connectivity index (χ4n) is 1.97. The predicted octanol–water partition coefficient (Wildman–Crippen LogP) is 3.66. The zero-order chi connectivity index (χ0) is 15.1. The van der Waals surface area contributed by atoms with E-state index in [1.54, 1.807) is 0 Å². The van der Waals surface area contributed by atoms with Crippen LogP contribution in [-0.4, -0.2) is 24.2 Å². The Balaban J connectivity index is 2.69. The Labute approximate surface area is 128 Å². The maximum Gasteiger partial charge on any atom is 0.252 e. The second-order valence-corrected chi connectivity index (χ2v) is 5.44. The summed E-state index contributed by atoms with van der Waals surface area (Å²) in [7, 11) is 0. The van der Waals surface area contributed by atoms with Crippen molar-refractivity contribution >= 4 is 29.1 Å². The standard InChI is InChI=1S/C14H18Cl2FNO2/c1-2-3-9(4-5-19)8-18-14(20)10-6-13(17)12(16)7-11(10)15/h6-7,9,19H,2-5,8H2,1H3,(H,18,20). The SMILES string of the molecule is CCCC(CCO)CNC(=O)c1cc(F)c(Cl)cc1Cl. The van der Waals surface area contributed by atoms with Crippen LogP contribution in [0.2, 0.25) is 10.0 Å². The molecule has 0 saturated carbocycles. The normalized spacial score (nSPS) is 12.2. The van der Waals surface area contributed by atoms with Crippen molar-refractivity contribution in [2.75, 3.05) is 13.2 Å². The highest BCUT2D eigenvalue weighted by Crippen LogP contribution is 2.24. The van der Waals surface area contributed by atoms with Gasteiger partial charge in [-0.05, 0) is 30.9 Å². The van der Waals surface area contributed by atoms with Gasteiger partial charge in [-0.1, -0.05) is 36.5 Å². The van der Waals surface area contributed by atoms with Crippen molar-refractivity contribution in [3.8, 4) is 0 Å². The van der Waals surface area contributed by atoms with Gasteiger partial charge in [-0.15, -0.1) is 0 Å². The first-order chi connectivity index (χ1) is 9.49. The molecule has 1 amide bonds. The van der Waals surface area contributed by atoms with Crippen LogP contribution in [0.15, 0.2) is 12.1 Å². The number of hydrogen-bond donors (Lipinski definition) is 2. The highest BCUT2D eigenvalue weighted by molar-refractivity contribution is 6.36. The number of benzene rings is 1. The van der Waals surface area contributed by atoms with Crippen LogP contribution in [0.1, 0.15) is 36.5 Å². The summed E-state index contributed by atoms with van der Waals surface area (Å²) in [5.41, 5.74) is 0.0628. The van der Waals surface area contributed by atoms with E-state index in [0.29, 0.717) is 13.0 Å². The highest BCUT2D eigenvalue weighted by atomic mass is 35.5. The summed E-state index contributed by atoms with van der Waals surface area (Å²) in [5, 5.41) is 11.7. The molecule has 0 heterocycles. The van der Waals surface area contributed by atoms with Crippen LogP contribution in [0.3, 0.4) is 0 Å². The molecule has 1 rings (SSSR count). The summed E-state index contributed by atoms with van der Waals surface area (Å²) < 4.78 is 13.4. The molecule has 112 valence electrons. The van der Waals surface area contributed by atoms with Gasteiger partial charge in [0, 0.05) is 13.2 Å². The molecule has 3 nitrogen and oxygen atoms in total. The molecule has 0 fully saturated rings. The number of nitrogens with one attached hydrogen (secondary N) is 1. The lowest BCUT2D eigenvalue weighted by Gasteiger charge is -2.16. The van der Waals surface area contributed by atoms with Gasteiger partial charge in [0.25, 0.3) is 5.91 Å². The van der Waals surface area contributed by atoms with Crippen LogP contribution in [0, 0.1) is 11.7 Å². The summed E-state index contributed by atoms with van der Waals surface area (Å²) in [5.74, 6) is -0.920. The minimum absolute atomic E-state index is 0.0628. The predicted molar refractivity (Wildman–Crippen MR) is 78.9 cm³/mol. The van der Waals surface area contributed by atoms with Gasteiger partial charge in [0.2, 0.25) is 0 Å². The Morgan fingerprint density at radius 2 is 2.05 bits per heavy atom. The number of carbonyl (C=O) groups is 1.